The van der Waals surface area contributed by atoms with Gasteiger partial charge in [-0.1, -0.05) is 202 Å². The van der Waals surface area contributed by atoms with Gasteiger partial charge in [-0.25, -0.2) is 29.9 Å². The third kappa shape index (κ3) is 6.98. The molecule has 1 aliphatic rings. The van der Waals surface area contributed by atoms with Gasteiger partial charge in [0.1, 0.15) is 0 Å². The molecule has 7 nitrogen and oxygen atoms in total. The van der Waals surface area contributed by atoms with Crippen molar-refractivity contribution in [1.29, 1.82) is 0 Å². The largest absolute Gasteiger partial charge is 0.308 e. The van der Waals surface area contributed by atoms with Gasteiger partial charge < -0.3 is 4.57 Å². The van der Waals surface area contributed by atoms with E-state index in [-0.39, 0.29) is 5.41 Å². The van der Waals surface area contributed by atoms with Crippen LogP contribution in [0, 0.1) is 0 Å². The van der Waals surface area contributed by atoms with Crippen molar-refractivity contribution in [2.45, 2.75) is 19.3 Å². The number of fused-ring (bicyclic) bond motifs is 6. The molecule has 1 aliphatic carbocycles. The number of hydrogen-bond acceptors (Lipinski definition) is 6. The molecule has 0 fully saturated rings. The van der Waals surface area contributed by atoms with E-state index in [9.17, 15) is 0 Å². The minimum atomic E-state index is -0.158. The van der Waals surface area contributed by atoms with Crippen molar-refractivity contribution in [1.82, 2.24) is 34.5 Å². The molecular formula is C63H43N7. The Morgan fingerprint density at radius 3 is 1.30 bits per heavy atom. The highest BCUT2D eigenvalue weighted by Gasteiger charge is 2.36. The SMILES string of the molecule is CC1(C)c2ccccc2-c2cc3c(cc21)c1ccccc1n3-c1ccc(-c2nc(-c3ccccc3)nc(-c3ccc(-c4ccccc4)cc3)n2)cc1-c1nc(-c2ccccc2)nc(-c2ccccc2)n1. The zero-order chi connectivity index (χ0) is 46.8. The summed E-state index contributed by atoms with van der Waals surface area (Å²) >= 11 is 0. The van der Waals surface area contributed by atoms with Crippen LogP contribution in [-0.2, 0) is 5.41 Å². The van der Waals surface area contributed by atoms with Crippen LogP contribution in [0.5, 0.6) is 0 Å². The van der Waals surface area contributed by atoms with Gasteiger partial charge >= 0.3 is 0 Å². The molecule has 3 heterocycles. The fourth-order valence-electron chi connectivity index (χ4n) is 10.2. The molecule has 0 aliphatic heterocycles. The van der Waals surface area contributed by atoms with Gasteiger partial charge in [-0.05, 0) is 69.8 Å². The summed E-state index contributed by atoms with van der Waals surface area (Å²) in [7, 11) is 0. The number of hydrogen-bond donors (Lipinski definition) is 0. The Morgan fingerprint density at radius 1 is 0.286 bits per heavy atom. The standard InChI is InChI=1S/C63H43N7/c1-63(2)52-29-17-15-27-47(52)49-39-56-50(38-53(49)63)48-28-16-18-30-54(48)70(56)55-36-35-46(37-51(55)62-68-58(43-23-11-5-12-24-43)65-59(69-62)44-25-13-6-14-26-44)61-66-57(42-21-9-4-10-22-42)64-60(67-61)45-33-31-41(32-34-45)40-19-7-3-8-20-40/h3-39H,1-2H3. The van der Waals surface area contributed by atoms with E-state index in [2.05, 4.69) is 146 Å². The van der Waals surface area contributed by atoms with Crippen LogP contribution in [-0.4, -0.2) is 34.5 Å². The molecule has 7 heteroatoms. The Bertz CT molecular complexity index is 3880. The van der Waals surface area contributed by atoms with Gasteiger partial charge in [0.15, 0.2) is 34.9 Å². The summed E-state index contributed by atoms with van der Waals surface area (Å²) in [4.78, 5) is 31.4. The first-order chi connectivity index (χ1) is 34.4. The molecule has 0 radical (unpaired) electrons. The Morgan fingerprint density at radius 2 is 0.714 bits per heavy atom. The van der Waals surface area contributed by atoms with Crippen molar-refractivity contribution in [3.8, 4) is 96.3 Å². The Labute approximate surface area is 405 Å². The van der Waals surface area contributed by atoms with E-state index >= 15 is 0 Å². The van der Waals surface area contributed by atoms with E-state index < -0.39 is 0 Å². The molecule has 12 aromatic rings. The molecule has 9 aromatic carbocycles. The van der Waals surface area contributed by atoms with E-state index in [1.54, 1.807) is 0 Å². The van der Waals surface area contributed by atoms with E-state index in [1.807, 2.05) is 97.1 Å². The highest BCUT2D eigenvalue weighted by atomic mass is 15.1. The van der Waals surface area contributed by atoms with Crippen LogP contribution in [0.15, 0.2) is 224 Å². The summed E-state index contributed by atoms with van der Waals surface area (Å²) in [6.45, 7) is 4.68. The number of benzene rings is 9. The lowest BCUT2D eigenvalue weighted by Crippen LogP contribution is -2.14. The molecule has 0 atom stereocenters. The number of para-hydroxylation sites is 1. The van der Waals surface area contributed by atoms with Gasteiger partial charge in [0.05, 0.1) is 16.7 Å². The second-order valence-corrected chi connectivity index (χ2v) is 18.3. The maximum Gasteiger partial charge on any atom is 0.166 e. The maximum atomic E-state index is 5.35. The second-order valence-electron chi connectivity index (χ2n) is 18.3. The third-order valence-electron chi connectivity index (χ3n) is 13.7. The summed E-state index contributed by atoms with van der Waals surface area (Å²) in [5.41, 5.74) is 15.5. The quantitative estimate of drug-likeness (QED) is 0.151. The molecule has 0 spiro atoms. The first kappa shape index (κ1) is 41.0. The summed E-state index contributed by atoms with van der Waals surface area (Å²) in [6.07, 6.45) is 0. The molecule has 0 saturated heterocycles. The van der Waals surface area contributed by atoms with E-state index in [0.717, 1.165) is 61.2 Å². The molecule has 0 amide bonds. The van der Waals surface area contributed by atoms with Crippen LogP contribution in [0.4, 0.5) is 0 Å². The summed E-state index contributed by atoms with van der Waals surface area (Å²) in [5.74, 6) is 3.36. The molecule has 13 rings (SSSR count). The molecule has 70 heavy (non-hydrogen) atoms. The van der Waals surface area contributed by atoms with Crippen molar-refractivity contribution in [2.75, 3.05) is 0 Å². The van der Waals surface area contributed by atoms with Gasteiger partial charge in [-0.15, -0.1) is 0 Å². The van der Waals surface area contributed by atoms with Gasteiger partial charge in [-0.2, -0.15) is 0 Å². The highest BCUT2D eigenvalue weighted by Crippen LogP contribution is 2.51. The number of rotatable bonds is 8. The topological polar surface area (TPSA) is 82.3 Å². The predicted molar refractivity (Wildman–Crippen MR) is 283 cm³/mol. The molecule has 0 N–H and O–H groups in total. The Kier molecular flexibility index (Phi) is 9.69. The Balaban J connectivity index is 1.08. The van der Waals surface area contributed by atoms with Gasteiger partial charge in [0, 0.05) is 49.6 Å². The normalized spacial score (nSPS) is 12.5. The number of nitrogens with zero attached hydrogens (tertiary/aromatic N) is 7. The van der Waals surface area contributed by atoms with E-state index in [0.29, 0.717) is 34.9 Å². The second kappa shape index (κ2) is 16.5. The van der Waals surface area contributed by atoms with Crippen molar-refractivity contribution in [3.63, 3.8) is 0 Å². The average Bonchev–Trinajstić information content (AvgIpc) is 3.87. The predicted octanol–water partition coefficient (Wildman–Crippen LogP) is 15.1. The first-order valence-electron chi connectivity index (χ1n) is 23.6. The molecule has 3 aromatic heterocycles. The van der Waals surface area contributed by atoms with Gasteiger partial charge in [-0.3, -0.25) is 0 Å². The van der Waals surface area contributed by atoms with Crippen LogP contribution >= 0.6 is 0 Å². The lowest BCUT2D eigenvalue weighted by Gasteiger charge is -2.21. The average molecular weight is 898 g/mol. The Hall–Kier alpha value is -9.20. The minimum absolute atomic E-state index is 0.158. The first-order valence-corrected chi connectivity index (χ1v) is 23.6. The van der Waals surface area contributed by atoms with Gasteiger partial charge in [0.2, 0.25) is 0 Å². The molecule has 0 unspecified atom stereocenters. The fourth-order valence-corrected chi connectivity index (χ4v) is 10.2. The van der Waals surface area contributed by atoms with Crippen LogP contribution in [0.2, 0.25) is 0 Å². The smallest absolute Gasteiger partial charge is 0.166 e. The molecule has 0 bridgehead atoms. The van der Waals surface area contributed by atoms with Crippen molar-refractivity contribution >= 4 is 21.8 Å². The van der Waals surface area contributed by atoms with Crippen LogP contribution in [0.25, 0.3) is 118 Å². The fraction of sp³-hybridized carbons (Fsp3) is 0.0476. The molecular weight excluding hydrogens is 855 g/mol. The van der Waals surface area contributed by atoms with Crippen LogP contribution < -0.4 is 0 Å². The van der Waals surface area contributed by atoms with E-state index in [4.69, 9.17) is 29.9 Å². The number of aromatic nitrogens is 7. The summed E-state index contributed by atoms with van der Waals surface area (Å²) in [5, 5.41) is 2.35. The molecule has 0 saturated carbocycles. The zero-order valence-corrected chi connectivity index (χ0v) is 38.5. The lowest BCUT2D eigenvalue weighted by molar-refractivity contribution is 0.661. The van der Waals surface area contributed by atoms with Gasteiger partial charge in [0.25, 0.3) is 0 Å². The lowest BCUT2D eigenvalue weighted by atomic mass is 9.82. The minimum Gasteiger partial charge on any atom is -0.308 e. The van der Waals surface area contributed by atoms with Crippen LogP contribution in [0.1, 0.15) is 25.0 Å². The zero-order valence-electron chi connectivity index (χ0n) is 38.5. The van der Waals surface area contributed by atoms with Crippen LogP contribution in [0.3, 0.4) is 0 Å². The molecule has 330 valence electrons. The van der Waals surface area contributed by atoms with Crippen molar-refractivity contribution < 1.29 is 0 Å². The van der Waals surface area contributed by atoms with Crippen molar-refractivity contribution in [3.05, 3.63) is 236 Å². The third-order valence-corrected chi connectivity index (χ3v) is 13.7. The maximum absolute atomic E-state index is 5.35. The highest BCUT2D eigenvalue weighted by molar-refractivity contribution is 6.12. The monoisotopic (exact) mass is 897 g/mol. The summed E-state index contributed by atoms with van der Waals surface area (Å²) < 4.78 is 2.38. The summed E-state index contributed by atoms with van der Waals surface area (Å²) in [6, 6.07) is 77.9. The van der Waals surface area contributed by atoms with E-state index in [1.165, 1.54) is 33.0 Å². The van der Waals surface area contributed by atoms with Crippen molar-refractivity contribution in [2.24, 2.45) is 0 Å².